The number of benzene rings is 1. The number of carbonyl (C=O) groups is 2. The third kappa shape index (κ3) is 3.61. The summed E-state index contributed by atoms with van der Waals surface area (Å²) in [6.07, 6.45) is 1.44. The van der Waals surface area contributed by atoms with Gasteiger partial charge >= 0.3 is 0 Å². The normalized spacial score (nSPS) is 18.2. The van der Waals surface area contributed by atoms with Crippen molar-refractivity contribution in [3.8, 4) is 0 Å². The summed E-state index contributed by atoms with van der Waals surface area (Å²) in [4.78, 5) is 27.6. The van der Waals surface area contributed by atoms with Gasteiger partial charge in [-0.15, -0.1) is 0 Å². The highest BCUT2D eigenvalue weighted by atomic mass is 16.2. The second-order valence-electron chi connectivity index (χ2n) is 5.76. The highest BCUT2D eigenvalue weighted by molar-refractivity contribution is 5.83. The fourth-order valence-corrected chi connectivity index (χ4v) is 2.83. The lowest BCUT2D eigenvalue weighted by atomic mass is 9.93. The maximum Gasteiger partial charge on any atom is 0.244 e. The molecular formula is C16H23N3O2. The molecule has 1 aromatic rings. The number of amides is 2. The van der Waals surface area contributed by atoms with Crippen molar-refractivity contribution in [3.05, 3.63) is 35.9 Å². The van der Waals surface area contributed by atoms with Gasteiger partial charge in [0.1, 0.15) is 6.04 Å². The summed E-state index contributed by atoms with van der Waals surface area (Å²) in [5.74, 6) is -0.226. The lowest BCUT2D eigenvalue weighted by molar-refractivity contribution is -0.135. The maximum atomic E-state index is 12.6. The molecule has 1 heterocycles. The first kappa shape index (κ1) is 15.5. The molecule has 2 rings (SSSR count). The Morgan fingerprint density at radius 1 is 1.19 bits per heavy atom. The van der Waals surface area contributed by atoms with E-state index < -0.39 is 0 Å². The van der Waals surface area contributed by atoms with Crippen LogP contribution in [0.1, 0.15) is 24.4 Å². The highest BCUT2D eigenvalue weighted by Crippen LogP contribution is 2.28. The Balaban J connectivity index is 2.18. The molecule has 1 aromatic carbocycles. The van der Waals surface area contributed by atoms with Gasteiger partial charge in [0.05, 0.1) is 0 Å². The molecule has 5 nitrogen and oxygen atoms in total. The predicted octanol–water partition coefficient (Wildman–Crippen LogP) is 1.01. The third-order valence-corrected chi connectivity index (χ3v) is 4.09. The van der Waals surface area contributed by atoms with Crippen molar-refractivity contribution in [2.45, 2.75) is 18.9 Å². The molecule has 1 aliphatic heterocycles. The van der Waals surface area contributed by atoms with Crippen molar-refractivity contribution in [1.29, 1.82) is 0 Å². The van der Waals surface area contributed by atoms with E-state index in [0.717, 1.165) is 18.4 Å². The molecule has 0 unspecified atom stereocenters. The van der Waals surface area contributed by atoms with E-state index in [9.17, 15) is 9.59 Å². The molecule has 21 heavy (non-hydrogen) atoms. The van der Waals surface area contributed by atoms with E-state index in [1.54, 1.807) is 19.0 Å². The third-order valence-electron chi connectivity index (χ3n) is 4.09. The molecule has 2 N–H and O–H groups in total. The molecule has 5 heteroatoms. The fraction of sp³-hybridized carbons (Fsp3) is 0.500. The zero-order chi connectivity index (χ0) is 15.4. The molecular weight excluding hydrogens is 266 g/mol. The van der Waals surface area contributed by atoms with E-state index in [0.29, 0.717) is 13.1 Å². The minimum absolute atomic E-state index is 0.0628. The van der Waals surface area contributed by atoms with Crippen LogP contribution in [0.5, 0.6) is 0 Å². The summed E-state index contributed by atoms with van der Waals surface area (Å²) in [5.41, 5.74) is 6.37. The van der Waals surface area contributed by atoms with Crippen LogP contribution in [0.2, 0.25) is 0 Å². The molecule has 0 aliphatic carbocycles. The van der Waals surface area contributed by atoms with E-state index in [-0.39, 0.29) is 23.8 Å². The minimum Gasteiger partial charge on any atom is -0.369 e. The van der Waals surface area contributed by atoms with E-state index in [1.807, 2.05) is 30.3 Å². The maximum absolute atomic E-state index is 12.6. The number of primary amides is 1. The average Bonchev–Trinajstić information content (AvgIpc) is 2.49. The average molecular weight is 289 g/mol. The molecule has 0 bridgehead atoms. The molecule has 0 spiro atoms. The van der Waals surface area contributed by atoms with Gasteiger partial charge in [0.2, 0.25) is 11.8 Å². The Hall–Kier alpha value is -1.88. The van der Waals surface area contributed by atoms with Crippen LogP contribution in [0, 0.1) is 5.92 Å². The van der Waals surface area contributed by atoms with Crippen molar-refractivity contribution in [2.75, 3.05) is 27.2 Å². The first-order chi connectivity index (χ1) is 10.0. The van der Waals surface area contributed by atoms with Gasteiger partial charge in [-0.2, -0.15) is 0 Å². The lowest BCUT2D eigenvalue weighted by Gasteiger charge is -2.37. The summed E-state index contributed by atoms with van der Waals surface area (Å²) in [7, 11) is 3.54. The molecule has 1 atom stereocenters. The van der Waals surface area contributed by atoms with Crippen LogP contribution in [-0.2, 0) is 9.59 Å². The number of hydrogen-bond donors (Lipinski definition) is 1. The monoisotopic (exact) mass is 289 g/mol. The van der Waals surface area contributed by atoms with Crippen LogP contribution in [0.3, 0.4) is 0 Å². The number of likely N-dealkylation sites (tertiary alicyclic amines) is 1. The number of nitrogens with zero attached hydrogens (tertiary/aromatic N) is 2. The number of carbonyl (C=O) groups excluding carboxylic acids is 2. The van der Waals surface area contributed by atoms with Crippen molar-refractivity contribution < 1.29 is 9.59 Å². The largest absolute Gasteiger partial charge is 0.369 e. The zero-order valence-electron chi connectivity index (χ0n) is 12.7. The first-order valence-corrected chi connectivity index (χ1v) is 7.30. The van der Waals surface area contributed by atoms with Crippen LogP contribution >= 0.6 is 0 Å². The SMILES string of the molecule is CN(C)C(=O)[C@@H](c1ccccc1)N1CCC(C(N)=O)CC1. The molecule has 2 amide bonds. The number of hydrogen-bond acceptors (Lipinski definition) is 3. The Kier molecular flexibility index (Phi) is 4.96. The quantitative estimate of drug-likeness (QED) is 0.899. The predicted molar refractivity (Wildman–Crippen MR) is 81.4 cm³/mol. The van der Waals surface area contributed by atoms with Crippen LogP contribution in [0.25, 0.3) is 0 Å². The zero-order valence-corrected chi connectivity index (χ0v) is 12.7. The van der Waals surface area contributed by atoms with Crippen molar-refractivity contribution in [3.63, 3.8) is 0 Å². The Morgan fingerprint density at radius 2 is 1.76 bits per heavy atom. The summed E-state index contributed by atoms with van der Waals surface area (Å²) in [6.45, 7) is 1.43. The number of rotatable bonds is 4. The van der Waals surface area contributed by atoms with E-state index in [4.69, 9.17) is 5.73 Å². The van der Waals surface area contributed by atoms with Crippen molar-refractivity contribution in [1.82, 2.24) is 9.80 Å². The molecule has 114 valence electrons. The Morgan fingerprint density at radius 3 is 2.24 bits per heavy atom. The number of nitrogens with two attached hydrogens (primary N) is 1. The molecule has 0 saturated carbocycles. The van der Waals surface area contributed by atoms with Crippen LogP contribution < -0.4 is 5.73 Å². The van der Waals surface area contributed by atoms with E-state index >= 15 is 0 Å². The minimum atomic E-state index is -0.282. The van der Waals surface area contributed by atoms with Crippen molar-refractivity contribution >= 4 is 11.8 Å². The lowest BCUT2D eigenvalue weighted by Crippen LogP contribution is -2.45. The Labute approximate surface area is 125 Å². The van der Waals surface area contributed by atoms with Gasteiger partial charge in [-0.1, -0.05) is 30.3 Å². The standard InChI is InChI=1S/C16H23N3O2/c1-18(2)16(21)14(12-6-4-3-5-7-12)19-10-8-13(9-11-19)15(17)20/h3-7,13-14H,8-11H2,1-2H3,(H2,17,20)/t14-/m1/s1. The van der Waals surface area contributed by atoms with Crippen LogP contribution in [0.15, 0.2) is 30.3 Å². The summed E-state index contributed by atoms with van der Waals surface area (Å²) in [6, 6.07) is 9.51. The second kappa shape index (κ2) is 6.72. The number of likely N-dealkylation sites (N-methyl/N-ethyl adjacent to an activating group) is 1. The van der Waals surface area contributed by atoms with Gasteiger partial charge < -0.3 is 10.6 Å². The van der Waals surface area contributed by atoms with E-state index in [2.05, 4.69) is 4.90 Å². The summed E-state index contributed by atoms with van der Waals surface area (Å²) in [5, 5.41) is 0. The van der Waals surface area contributed by atoms with Crippen molar-refractivity contribution in [2.24, 2.45) is 11.7 Å². The van der Waals surface area contributed by atoms with E-state index in [1.165, 1.54) is 0 Å². The highest BCUT2D eigenvalue weighted by Gasteiger charge is 2.33. The van der Waals surface area contributed by atoms with Gasteiger partial charge in [-0.25, -0.2) is 0 Å². The van der Waals surface area contributed by atoms with Gasteiger partial charge in [0.15, 0.2) is 0 Å². The molecule has 1 fully saturated rings. The number of piperidine rings is 1. The van der Waals surface area contributed by atoms with Gasteiger partial charge in [-0.05, 0) is 31.5 Å². The topological polar surface area (TPSA) is 66.6 Å². The molecule has 0 aromatic heterocycles. The summed E-state index contributed by atoms with van der Waals surface area (Å²) >= 11 is 0. The van der Waals surface area contributed by atoms with Crippen LogP contribution in [0.4, 0.5) is 0 Å². The second-order valence-corrected chi connectivity index (χ2v) is 5.76. The van der Waals surface area contributed by atoms with Gasteiger partial charge in [-0.3, -0.25) is 14.5 Å². The molecule has 1 saturated heterocycles. The van der Waals surface area contributed by atoms with Crippen LogP contribution in [-0.4, -0.2) is 48.8 Å². The Bertz CT molecular complexity index is 494. The smallest absolute Gasteiger partial charge is 0.244 e. The van der Waals surface area contributed by atoms with Gasteiger partial charge in [0, 0.05) is 20.0 Å². The molecule has 0 radical (unpaired) electrons. The molecule has 1 aliphatic rings. The summed E-state index contributed by atoms with van der Waals surface area (Å²) < 4.78 is 0. The fourth-order valence-electron chi connectivity index (χ4n) is 2.83. The first-order valence-electron chi connectivity index (χ1n) is 7.30. The van der Waals surface area contributed by atoms with Gasteiger partial charge in [0.25, 0.3) is 0 Å².